The summed E-state index contributed by atoms with van der Waals surface area (Å²) < 4.78 is 25.3. The second-order valence-corrected chi connectivity index (χ2v) is 3.19. The highest BCUT2D eigenvalue weighted by Crippen LogP contribution is 2.08. The lowest BCUT2D eigenvalue weighted by molar-refractivity contribution is -0.139. The number of benzene rings is 1. The van der Waals surface area contributed by atoms with Gasteiger partial charge < -0.3 is 10.4 Å². The van der Waals surface area contributed by atoms with E-state index in [1.807, 2.05) is 0 Å². The van der Waals surface area contributed by atoms with E-state index in [-0.39, 0.29) is 6.54 Å². The molecule has 1 atom stereocenters. The Bertz CT molecular complexity index is 368. The minimum Gasteiger partial charge on any atom is -0.480 e. The quantitative estimate of drug-likeness (QED) is 0.800. The van der Waals surface area contributed by atoms with E-state index in [0.29, 0.717) is 5.56 Å². The van der Waals surface area contributed by atoms with Crippen LogP contribution in [0.5, 0.6) is 0 Å². The highest BCUT2D eigenvalue weighted by atomic mass is 19.2. The van der Waals surface area contributed by atoms with Crippen molar-refractivity contribution in [3.05, 3.63) is 35.4 Å². The fourth-order valence-electron chi connectivity index (χ4n) is 1.01. The Kier molecular flexibility index (Phi) is 3.74. The molecule has 0 aliphatic rings. The zero-order valence-corrected chi connectivity index (χ0v) is 8.13. The first-order chi connectivity index (χ1) is 7.00. The van der Waals surface area contributed by atoms with Crippen LogP contribution in [0.2, 0.25) is 0 Å². The molecule has 1 unspecified atom stereocenters. The largest absolute Gasteiger partial charge is 0.480 e. The maximum atomic E-state index is 12.7. The minimum atomic E-state index is -0.988. The van der Waals surface area contributed by atoms with Crippen molar-refractivity contribution in [1.29, 1.82) is 0 Å². The Balaban J connectivity index is 2.58. The fraction of sp³-hybridized carbons (Fsp3) is 0.300. The second kappa shape index (κ2) is 4.84. The van der Waals surface area contributed by atoms with Gasteiger partial charge in [-0.25, -0.2) is 8.78 Å². The summed E-state index contributed by atoms with van der Waals surface area (Å²) in [6, 6.07) is 2.73. The molecule has 0 amide bonds. The maximum Gasteiger partial charge on any atom is 0.320 e. The molecule has 15 heavy (non-hydrogen) atoms. The van der Waals surface area contributed by atoms with Gasteiger partial charge in [0.2, 0.25) is 0 Å². The van der Waals surface area contributed by atoms with Gasteiger partial charge in [0.05, 0.1) is 0 Å². The molecule has 1 aromatic rings. The number of carbonyl (C=O) groups is 1. The van der Waals surface area contributed by atoms with Crippen LogP contribution < -0.4 is 5.32 Å². The molecule has 0 saturated carbocycles. The molecule has 0 aliphatic heterocycles. The van der Waals surface area contributed by atoms with Gasteiger partial charge >= 0.3 is 5.97 Å². The van der Waals surface area contributed by atoms with Gasteiger partial charge in [-0.15, -0.1) is 0 Å². The number of nitrogens with one attached hydrogen (secondary N) is 1. The average Bonchev–Trinajstić information content (AvgIpc) is 2.19. The number of hydrogen-bond acceptors (Lipinski definition) is 2. The van der Waals surface area contributed by atoms with Crippen molar-refractivity contribution in [3.63, 3.8) is 0 Å². The van der Waals surface area contributed by atoms with Crippen LogP contribution in [0.4, 0.5) is 8.78 Å². The summed E-state index contributed by atoms with van der Waals surface area (Å²) >= 11 is 0. The van der Waals surface area contributed by atoms with Gasteiger partial charge in [-0.3, -0.25) is 4.79 Å². The van der Waals surface area contributed by atoms with Crippen LogP contribution in [0.25, 0.3) is 0 Å². The van der Waals surface area contributed by atoms with Crippen LogP contribution >= 0.6 is 0 Å². The van der Waals surface area contributed by atoms with Crippen molar-refractivity contribution in [3.8, 4) is 0 Å². The van der Waals surface area contributed by atoms with Crippen LogP contribution in [-0.2, 0) is 11.3 Å². The summed E-state index contributed by atoms with van der Waals surface area (Å²) in [6.45, 7) is 1.66. The van der Waals surface area contributed by atoms with Crippen molar-refractivity contribution in [2.75, 3.05) is 0 Å². The van der Waals surface area contributed by atoms with Crippen LogP contribution in [0.3, 0.4) is 0 Å². The van der Waals surface area contributed by atoms with E-state index in [4.69, 9.17) is 5.11 Å². The van der Waals surface area contributed by atoms with E-state index in [1.165, 1.54) is 13.0 Å². The lowest BCUT2D eigenvalue weighted by Crippen LogP contribution is -2.33. The van der Waals surface area contributed by atoms with Gasteiger partial charge in [-0.2, -0.15) is 0 Å². The second-order valence-electron chi connectivity index (χ2n) is 3.19. The van der Waals surface area contributed by atoms with Gasteiger partial charge in [0.25, 0.3) is 0 Å². The summed E-state index contributed by atoms with van der Waals surface area (Å²) in [7, 11) is 0. The molecule has 0 bridgehead atoms. The Morgan fingerprint density at radius 1 is 1.47 bits per heavy atom. The number of rotatable bonds is 4. The zero-order valence-electron chi connectivity index (χ0n) is 8.13. The summed E-state index contributed by atoms with van der Waals surface area (Å²) in [6.07, 6.45) is 0. The molecule has 3 nitrogen and oxygen atoms in total. The van der Waals surface area contributed by atoms with Crippen LogP contribution in [-0.4, -0.2) is 17.1 Å². The highest BCUT2D eigenvalue weighted by molar-refractivity contribution is 5.72. The fourth-order valence-corrected chi connectivity index (χ4v) is 1.01. The van der Waals surface area contributed by atoms with E-state index < -0.39 is 23.6 Å². The van der Waals surface area contributed by atoms with E-state index >= 15 is 0 Å². The molecule has 0 spiro atoms. The van der Waals surface area contributed by atoms with Crippen LogP contribution in [0.1, 0.15) is 12.5 Å². The molecule has 0 aromatic heterocycles. The number of carboxylic acid groups (broad SMARTS) is 1. The topological polar surface area (TPSA) is 49.3 Å². The first-order valence-corrected chi connectivity index (χ1v) is 4.41. The molecule has 1 aromatic carbocycles. The monoisotopic (exact) mass is 215 g/mol. The van der Waals surface area contributed by atoms with E-state index in [1.54, 1.807) is 0 Å². The third kappa shape index (κ3) is 3.28. The Labute approximate surface area is 85.7 Å². The van der Waals surface area contributed by atoms with Crippen LogP contribution in [0.15, 0.2) is 18.2 Å². The smallest absolute Gasteiger partial charge is 0.320 e. The third-order valence-electron chi connectivity index (χ3n) is 1.97. The molecule has 5 heteroatoms. The van der Waals surface area contributed by atoms with E-state index in [9.17, 15) is 13.6 Å². The molecular weight excluding hydrogens is 204 g/mol. The van der Waals surface area contributed by atoms with E-state index in [0.717, 1.165) is 12.1 Å². The third-order valence-corrected chi connectivity index (χ3v) is 1.97. The predicted molar refractivity (Wildman–Crippen MR) is 50.3 cm³/mol. The minimum absolute atomic E-state index is 0.185. The lowest BCUT2D eigenvalue weighted by Gasteiger charge is -2.08. The van der Waals surface area contributed by atoms with Gasteiger partial charge in [-0.1, -0.05) is 6.07 Å². The van der Waals surface area contributed by atoms with Crippen LogP contribution in [0, 0.1) is 11.6 Å². The van der Waals surface area contributed by atoms with Crippen molar-refractivity contribution >= 4 is 5.97 Å². The molecule has 0 aliphatic carbocycles. The molecule has 0 radical (unpaired) electrons. The Morgan fingerprint density at radius 2 is 2.13 bits per heavy atom. The number of aliphatic carboxylic acids is 1. The molecule has 82 valence electrons. The van der Waals surface area contributed by atoms with Crippen molar-refractivity contribution in [1.82, 2.24) is 5.32 Å². The highest BCUT2D eigenvalue weighted by Gasteiger charge is 2.10. The molecule has 0 heterocycles. The molecular formula is C10H11F2NO2. The van der Waals surface area contributed by atoms with E-state index in [2.05, 4.69) is 5.32 Å². The average molecular weight is 215 g/mol. The molecule has 2 N–H and O–H groups in total. The lowest BCUT2D eigenvalue weighted by atomic mass is 10.2. The predicted octanol–water partition coefficient (Wildman–Crippen LogP) is 1.53. The first kappa shape index (κ1) is 11.6. The normalized spacial score (nSPS) is 12.5. The number of halogens is 2. The molecule has 1 rings (SSSR count). The summed E-state index contributed by atoms with van der Waals surface area (Å²) in [4.78, 5) is 10.4. The molecule has 0 saturated heterocycles. The Hall–Kier alpha value is -1.49. The maximum absolute atomic E-state index is 12.7. The zero-order chi connectivity index (χ0) is 11.4. The Morgan fingerprint density at radius 3 is 2.67 bits per heavy atom. The van der Waals surface area contributed by atoms with Gasteiger partial charge in [0, 0.05) is 6.54 Å². The summed E-state index contributed by atoms with van der Waals surface area (Å²) in [5.41, 5.74) is 0.502. The number of carboxylic acids is 1. The van der Waals surface area contributed by atoms with Crippen molar-refractivity contribution in [2.24, 2.45) is 0 Å². The van der Waals surface area contributed by atoms with Crippen molar-refractivity contribution < 1.29 is 18.7 Å². The SMILES string of the molecule is CC(NCc1ccc(F)c(F)c1)C(=O)O. The standard InChI is InChI=1S/C10H11F2NO2/c1-6(10(14)15)13-5-7-2-3-8(11)9(12)4-7/h2-4,6,13H,5H2,1H3,(H,14,15). The summed E-state index contributed by atoms with van der Waals surface area (Å²) in [5.74, 6) is -2.83. The van der Waals surface area contributed by atoms with Gasteiger partial charge in [0.15, 0.2) is 11.6 Å². The van der Waals surface area contributed by atoms with Crippen molar-refractivity contribution in [2.45, 2.75) is 19.5 Å². The van der Waals surface area contributed by atoms with Gasteiger partial charge in [-0.05, 0) is 24.6 Å². The summed E-state index contributed by atoms with van der Waals surface area (Å²) in [5, 5.41) is 11.2. The van der Waals surface area contributed by atoms with Gasteiger partial charge in [0.1, 0.15) is 6.04 Å². The number of hydrogen-bond donors (Lipinski definition) is 2. The first-order valence-electron chi connectivity index (χ1n) is 4.41. The molecule has 0 fully saturated rings.